The van der Waals surface area contributed by atoms with Gasteiger partial charge in [0, 0.05) is 37.6 Å². The lowest BCUT2D eigenvalue weighted by Gasteiger charge is -2.56. The van der Waals surface area contributed by atoms with Gasteiger partial charge < -0.3 is 14.5 Å². The standard InChI is InChI=1S/C32H45FN6O2/c1-3-29(40)39-17-16-38(20-24(39)11-14-34)30-26-10-13-32(12-4-6-22-18-23(33)8-9-27(22)32)19-28(26)35-31(36-30)41-21-25-7-5-15-37(25)2/h3,8-9,18,24-26,28,30-31,35-36H,1,4-7,10-13,15-17,19-21H2,2H3/t24-,25-,26?,28?,30?,31?,32+/m1/s1. The number of ether oxygens (including phenoxy) is 1. The van der Waals surface area contributed by atoms with Gasteiger partial charge in [-0.15, -0.1) is 0 Å². The van der Waals surface area contributed by atoms with E-state index >= 15 is 0 Å². The summed E-state index contributed by atoms with van der Waals surface area (Å²) in [4.78, 5) is 19.2. The number of likely N-dealkylation sites (tertiary alicyclic amines) is 1. The second-order valence-electron chi connectivity index (χ2n) is 13.0. The normalized spacial score (nSPS) is 36.0. The maximum absolute atomic E-state index is 14.2. The lowest BCUT2D eigenvalue weighted by molar-refractivity contribution is -0.136. The van der Waals surface area contributed by atoms with Crippen molar-refractivity contribution in [3.63, 3.8) is 0 Å². The highest BCUT2D eigenvalue weighted by Gasteiger charge is 2.50. The summed E-state index contributed by atoms with van der Waals surface area (Å²) in [6.45, 7) is 7.45. The van der Waals surface area contributed by atoms with E-state index in [-0.39, 0.29) is 41.7 Å². The molecule has 7 atom stereocenters. The first-order chi connectivity index (χ1) is 19.9. The second-order valence-corrected chi connectivity index (χ2v) is 13.0. The maximum atomic E-state index is 14.2. The number of fused-ring (bicyclic) bond motifs is 3. The molecule has 3 saturated heterocycles. The summed E-state index contributed by atoms with van der Waals surface area (Å²) in [5.41, 5.74) is 2.59. The molecular weight excluding hydrogens is 519 g/mol. The smallest absolute Gasteiger partial charge is 0.246 e. The summed E-state index contributed by atoms with van der Waals surface area (Å²) < 4.78 is 20.7. The summed E-state index contributed by atoms with van der Waals surface area (Å²) in [5, 5.41) is 17.2. The number of rotatable bonds is 6. The van der Waals surface area contributed by atoms with Gasteiger partial charge in [-0.1, -0.05) is 12.6 Å². The molecule has 4 fully saturated rings. The molecule has 3 aliphatic heterocycles. The van der Waals surface area contributed by atoms with Crippen LogP contribution in [0, 0.1) is 23.1 Å². The highest BCUT2D eigenvalue weighted by atomic mass is 19.1. The lowest BCUT2D eigenvalue weighted by Crippen LogP contribution is -2.72. The Bertz CT molecular complexity index is 1170. The van der Waals surface area contributed by atoms with E-state index < -0.39 is 0 Å². The molecule has 0 bridgehead atoms. The molecule has 222 valence electrons. The average Bonchev–Trinajstić information content (AvgIpc) is 3.39. The SMILES string of the molecule is C=CC(=O)N1CCN(C2NC(OC[C@H]3CCCN3C)NC3C[C@]4(CCCc5cc(F)ccc54)CCC32)C[C@H]1CC#N. The van der Waals surface area contributed by atoms with E-state index in [1.54, 1.807) is 12.1 Å². The van der Waals surface area contributed by atoms with Gasteiger partial charge in [0.1, 0.15) is 5.82 Å². The predicted molar refractivity (Wildman–Crippen MR) is 155 cm³/mol. The number of hydrogen-bond acceptors (Lipinski definition) is 7. The summed E-state index contributed by atoms with van der Waals surface area (Å²) in [6, 6.07) is 8.27. The van der Waals surface area contributed by atoms with Crippen molar-refractivity contribution in [2.75, 3.05) is 39.8 Å². The first kappa shape index (κ1) is 28.8. The molecule has 1 amide bonds. The van der Waals surface area contributed by atoms with E-state index in [0.717, 1.165) is 58.0 Å². The number of aryl methyl sites for hydroxylation is 1. The zero-order chi connectivity index (χ0) is 28.6. The maximum Gasteiger partial charge on any atom is 0.246 e. The molecule has 9 heteroatoms. The fourth-order valence-electron chi connectivity index (χ4n) is 8.60. The first-order valence-electron chi connectivity index (χ1n) is 15.6. The lowest BCUT2D eigenvalue weighted by atomic mass is 9.58. The fraction of sp³-hybridized carbons (Fsp3) is 0.688. The van der Waals surface area contributed by atoms with Crippen molar-refractivity contribution in [3.8, 4) is 6.07 Å². The van der Waals surface area contributed by atoms with Crippen LogP contribution in [0.15, 0.2) is 30.9 Å². The Kier molecular flexibility index (Phi) is 8.49. The van der Waals surface area contributed by atoms with Crippen LogP contribution in [0.5, 0.6) is 0 Å². The molecule has 4 unspecified atom stereocenters. The van der Waals surface area contributed by atoms with E-state index in [1.165, 1.54) is 23.6 Å². The highest BCUT2D eigenvalue weighted by molar-refractivity contribution is 5.87. The molecule has 8 nitrogen and oxygen atoms in total. The molecule has 6 rings (SSSR count). The number of nitrogens with one attached hydrogen (secondary N) is 2. The number of nitriles is 1. The van der Waals surface area contributed by atoms with Crippen molar-refractivity contribution >= 4 is 5.91 Å². The van der Waals surface area contributed by atoms with Crippen LogP contribution >= 0.6 is 0 Å². The van der Waals surface area contributed by atoms with E-state index in [2.05, 4.69) is 46.2 Å². The van der Waals surface area contributed by atoms with Crippen LogP contribution < -0.4 is 10.6 Å². The third-order valence-electron chi connectivity index (χ3n) is 10.7. The number of amides is 1. The summed E-state index contributed by atoms with van der Waals surface area (Å²) in [7, 11) is 2.18. The van der Waals surface area contributed by atoms with Gasteiger partial charge in [-0.3, -0.25) is 20.3 Å². The molecule has 41 heavy (non-hydrogen) atoms. The Hall–Kier alpha value is -2.35. The summed E-state index contributed by atoms with van der Waals surface area (Å²) in [6.07, 6.45) is 10.2. The van der Waals surface area contributed by atoms with Crippen LogP contribution in [0.25, 0.3) is 0 Å². The molecule has 5 aliphatic rings. The van der Waals surface area contributed by atoms with Crippen molar-refractivity contribution in [1.29, 1.82) is 5.26 Å². The van der Waals surface area contributed by atoms with Gasteiger partial charge in [0.2, 0.25) is 5.91 Å². The predicted octanol–water partition coefficient (Wildman–Crippen LogP) is 3.09. The van der Waals surface area contributed by atoms with Gasteiger partial charge in [0.15, 0.2) is 6.35 Å². The van der Waals surface area contributed by atoms with Crippen molar-refractivity contribution in [3.05, 3.63) is 47.8 Å². The molecule has 3 heterocycles. The minimum absolute atomic E-state index is 0.0615. The molecule has 1 aromatic carbocycles. The topological polar surface area (TPSA) is 83.9 Å². The van der Waals surface area contributed by atoms with Crippen molar-refractivity contribution in [2.24, 2.45) is 5.92 Å². The Balaban J connectivity index is 1.24. The summed E-state index contributed by atoms with van der Waals surface area (Å²) in [5.74, 6) is 0.126. The van der Waals surface area contributed by atoms with E-state index in [0.29, 0.717) is 38.1 Å². The van der Waals surface area contributed by atoms with Crippen LogP contribution in [0.2, 0.25) is 0 Å². The largest absolute Gasteiger partial charge is 0.348 e. The van der Waals surface area contributed by atoms with Crippen molar-refractivity contribution < 1.29 is 13.9 Å². The quantitative estimate of drug-likeness (QED) is 0.514. The minimum Gasteiger partial charge on any atom is -0.348 e. The number of nitrogens with zero attached hydrogens (tertiary/aromatic N) is 4. The number of carbonyl (C=O) groups is 1. The average molecular weight is 565 g/mol. The molecular formula is C32H45FN6O2. The Labute approximate surface area is 243 Å². The Morgan fingerprint density at radius 3 is 2.88 bits per heavy atom. The van der Waals surface area contributed by atoms with Gasteiger partial charge in [0.05, 0.1) is 31.3 Å². The molecule has 1 spiro atoms. The number of hydrogen-bond donors (Lipinski definition) is 2. The second kappa shape index (κ2) is 12.1. The highest BCUT2D eigenvalue weighted by Crippen LogP contribution is 2.50. The molecule has 1 saturated carbocycles. The van der Waals surface area contributed by atoms with E-state index in [1.807, 2.05) is 4.90 Å². The van der Waals surface area contributed by atoms with Crippen molar-refractivity contribution in [1.82, 2.24) is 25.3 Å². The van der Waals surface area contributed by atoms with Crippen LogP contribution in [-0.4, -0.2) is 91.1 Å². The van der Waals surface area contributed by atoms with Crippen molar-refractivity contribution in [2.45, 2.75) is 93.8 Å². The molecule has 2 N–H and O–H groups in total. The van der Waals surface area contributed by atoms with Gasteiger partial charge in [-0.25, -0.2) is 4.39 Å². The minimum atomic E-state index is -0.274. The van der Waals surface area contributed by atoms with Gasteiger partial charge in [-0.2, -0.15) is 5.26 Å². The monoisotopic (exact) mass is 564 g/mol. The van der Waals surface area contributed by atoms with Crippen LogP contribution in [-0.2, 0) is 21.4 Å². The third kappa shape index (κ3) is 5.70. The first-order valence-corrected chi connectivity index (χ1v) is 15.6. The van der Waals surface area contributed by atoms with Gasteiger partial charge in [-0.05, 0) is 99.7 Å². The van der Waals surface area contributed by atoms with Crippen LogP contribution in [0.3, 0.4) is 0 Å². The Morgan fingerprint density at radius 1 is 1.22 bits per heavy atom. The van der Waals surface area contributed by atoms with Gasteiger partial charge >= 0.3 is 0 Å². The van der Waals surface area contributed by atoms with Crippen LogP contribution in [0.4, 0.5) is 4.39 Å². The Morgan fingerprint density at radius 2 is 2.10 bits per heavy atom. The van der Waals surface area contributed by atoms with Gasteiger partial charge in [0.25, 0.3) is 0 Å². The van der Waals surface area contributed by atoms with Crippen LogP contribution in [0.1, 0.15) is 62.5 Å². The number of carbonyl (C=O) groups excluding carboxylic acids is 1. The number of likely N-dealkylation sites (N-methyl/N-ethyl adjacent to an activating group) is 1. The molecule has 0 radical (unpaired) electrons. The third-order valence-corrected chi connectivity index (χ3v) is 10.7. The van der Waals surface area contributed by atoms with E-state index in [4.69, 9.17) is 4.74 Å². The summed E-state index contributed by atoms with van der Waals surface area (Å²) >= 11 is 0. The fourth-order valence-corrected chi connectivity index (χ4v) is 8.60. The molecule has 1 aromatic rings. The number of benzene rings is 1. The molecule has 2 aliphatic carbocycles. The van der Waals surface area contributed by atoms with E-state index in [9.17, 15) is 14.4 Å². The number of piperazine rings is 1. The zero-order valence-electron chi connectivity index (χ0n) is 24.4. The number of halogens is 1. The molecule has 0 aromatic heterocycles. The zero-order valence-corrected chi connectivity index (χ0v) is 24.4.